The third kappa shape index (κ3) is 2.75. The summed E-state index contributed by atoms with van der Waals surface area (Å²) in [7, 11) is 0. The lowest BCUT2D eigenvalue weighted by molar-refractivity contribution is 0.385. The molecule has 0 bridgehead atoms. The van der Waals surface area contributed by atoms with E-state index in [9.17, 15) is 0 Å². The Morgan fingerprint density at radius 1 is 1.43 bits per heavy atom. The summed E-state index contributed by atoms with van der Waals surface area (Å²) in [5, 5.41) is 6.85. The van der Waals surface area contributed by atoms with Gasteiger partial charge < -0.3 is 10.6 Å². The summed E-state index contributed by atoms with van der Waals surface area (Å²) in [5.41, 5.74) is 1.07. The first-order valence-corrected chi connectivity index (χ1v) is 5.14. The number of piperidine rings is 1. The van der Waals surface area contributed by atoms with Crippen molar-refractivity contribution in [2.75, 3.05) is 13.1 Å². The second kappa shape index (κ2) is 5.02. The van der Waals surface area contributed by atoms with Crippen LogP contribution in [0.1, 0.15) is 18.5 Å². The minimum Gasteiger partial charge on any atom is -0.317 e. The topological polar surface area (TPSA) is 49.8 Å². The molecule has 0 spiro atoms. The predicted molar refractivity (Wildman–Crippen MR) is 54.8 cm³/mol. The van der Waals surface area contributed by atoms with Crippen LogP contribution in [0.15, 0.2) is 18.6 Å². The van der Waals surface area contributed by atoms with Crippen molar-refractivity contribution >= 4 is 0 Å². The smallest absolute Gasteiger partial charge is 0.115 e. The third-order valence-corrected chi connectivity index (χ3v) is 2.55. The molecule has 1 aliphatic heterocycles. The molecule has 2 heterocycles. The van der Waals surface area contributed by atoms with E-state index in [0.29, 0.717) is 6.04 Å². The van der Waals surface area contributed by atoms with Crippen molar-refractivity contribution in [3.63, 3.8) is 0 Å². The first-order valence-electron chi connectivity index (χ1n) is 5.14. The molecule has 0 amide bonds. The van der Waals surface area contributed by atoms with Gasteiger partial charge in [0.1, 0.15) is 6.33 Å². The van der Waals surface area contributed by atoms with E-state index in [4.69, 9.17) is 0 Å². The summed E-state index contributed by atoms with van der Waals surface area (Å²) < 4.78 is 0. The summed E-state index contributed by atoms with van der Waals surface area (Å²) >= 11 is 0. The molecule has 76 valence electrons. The highest BCUT2D eigenvalue weighted by Crippen LogP contribution is 2.02. The van der Waals surface area contributed by atoms with E-state index in [2.05, 4.69) is 20.6 Å². The summed E-state index contributed by atoms with van der Waals surface area (Å²) in [6.07, 6.45) is 5.81. The third-order valence-electron chi connectivity index (χ3n) is 2.55. The molecule has 0 aliphatic carbocycles. The molecule has 4 nitrogen and oxygen atoms in total. The summed E-state index contributed by atoms with van der Waals surface area (Å²) in [6.45, 7) is 3.11. The fourth-order valence-corrected chi connectivity index (χ4v) is 1.70. The van der Waals surface area contributed by atoms with Crippen molar-refractivity contribution in [3.8, 4) is 0 Å². The zero-order chi connectivity index (χ0) is 9.64. The van der Waals surface area contributed by atoms with Crippen LogP contribution in [0.5, 0.6) is 0 Å². The van der Waals surface area contributed by atoms with Gasteiger partial charge in [0.15, 0.2) is 0 Å². The Balaban J connectivity index is 1.76. The van der Waals surface area contributed by atoms with E-state index in [-0.39, 0.29) is 0 Å². The Labute approximate surface area is 84.2 Å². The van der Waals surface area contributed by atoms with Gasteiger partial charge in [-0.25, -0.2) is 9.97 Å². The van der Waals surface area contributed by atoms with Gasteiger partial charge in [0.05, 0.1) is 5.69 Å². The SMILES string of the molecule is c1cc(CNC2CCNCC2)ncn1. The molecule has 0 aromatic carbocycles. The molecule has 14 heavy (non-hydrogen) atoms. The van der Waals surface area contributed by atoms with E-state index in [0.717, 1.165) is 25.3 Å². The van der Waals surface area contributed by atoms with Crippen LogP contribution in [0.25, 0.3) is 0 Å². The molecule has 2 N–H and O–H groups in total. The van der Waals surface area contributed by atoms with Crippen LogP contribution in [0.2, 0.25) is 0 Å². The van der Waals surface area contributed by atoms with Gasteiger partial charge in [0.25, 0.3) is 0 Å². The summed E-state index contributed by atoms with van der Waals surface area (Å²) in [4.78, 5) is 8.07. The molecule has 2 rings (SSSR count). The molecule has 0 unspecified atom stereocenters. The van der Waals surface area contributed by atoms with E-state index in [1.165, 1.54) is 12.8 Å². The predicted octanol–water partition coefficient (Wildman–Crippen LogP) is 0.318. The fourth-order valence-electron chi connectivity index (χ4n) is 1.70. The molecule has 1 aromatic rings. The highest BCUT2D eigenvalue weighted by molar-refractivity contribution is 4.97. The monoisotopic (exact) mass is 192 g/mol. The fraction of sp³-hybridized carbons (Fsp3) is 0.600. The van der Waals surface area contributed by atoms with Crippen LogP contribution in [-0.2, 0) is 6.54 Å². The van der Waals surface area contributed by atoms with Gasteiger partial charge >= 0.3 is 0 Å². The van der Waals surface area contributed by atoms with Crippen molar-refractivity contribution in [2.45, 2.75) is 25.4 Å². The average Bonchev–Trinajstić information content (AvgIpc) is 2.29. The van der Waals surface area contributed by atoms with E-state index in [1.54, 1.807) is 12.5 Å². The van der Waals surface area contributed by atoms with Crippen LogP contribution < -0.4 is 10.6 Å². The normalized spacial score (nSPS) is 18.3. The minimum absolute atomic E-state index is 0.645. The molecule has 4 heteroatoms. The molecule has 1 saturated heterocycles. The highest BCUT2D eigenvalue weighted by atomic mass is 15.0. The maximum Gasteiger partial charge on any atom is 0.115 e. The Bertz CT molecular complexity index is 256. The van der Waals surface area contributed by atoms with Crippen molar-refractivity contribution in [1.82, 2.24) is 20.6 Å². The van der Waals surface area contributed by atoms with Crippen LogP contribution in [0, 0.1) is 0 Å². The van der Waals surface area contributed by atoms with E-state index >= 15 is 0 Å². The second-order valence-electron chi connectivity index (χ2n) is 3.61. The van der Waals surface area contributed by atoms with Gasteiger partial charge in [-0.1, -0.05) is 0 Å². The molecule has 1 aliphatic rings. The quantitative estimate of drug-likeness (QED) is 0.724. The highest BCUT2D eigenvalue weighted by Gasteiger charge is 2.11. The Morgan fingerprint density at radius 3 is 3.00 bits per heavy atom. The van der Waals surface area contributed by atoms with Crippen LogP contribution in [-0.4, -0.2) is 29.1 Å². The standard InChI is InChI=1S/C10H16N4/c1-4-11-5-2-9(1)13-7-10-3-6-12-8-14-10/h3,6,8-9,11,13H,1-2,4-5,7H2. The van der Waals surface area contributed by atoms with Gasteiger partial charge in [-0.05, 0) is 32.0 Å². The van der Waals surface area contributed by atoms with Gasteiger partial charge in [-0.3, -0.25) is 0 Å². The van der Waals surface area contributed by atoms with E-state index in [1.807, 2.05) is 6.07 Å². The largest absolute Gasteiger partial charge is 0.317 e. The molecule has 1 aromatic heterocycles. The maximum absolute atomic E-state index is 4.17. The number of nitrogens with one attached hydrogen (secondary N) is 2. The van der Waals surface area contributed by atoms with Crippen LogP contribution >= 0.6 is 0 Å². The van der Waals surface area contributed by atoms with Gasteiger partial charge in [0.2, 0.25) is 0 Å². The molecule has 0 radical (unpaired) electrons. The van der Waals surface area contributed by atoms with Crippen LogP contribution in [0.3, 0.4) is 0 Å². The average molecular weight is 192 g/mol. The summed E-state index contributed by atoms with van der Waals surface area (Å²) in [6, 6.07) is 2.60. The lowest BCUT2D eigenvalue weighted by Crippen LogP contribution is -2.39. The molecule has 1 fully saturated rings. The zero-order valence-electron chi connectivity index (χ0n) is 8.24. The lowest BCUT2D eigenvalue weighted by atomic mass is 10.1. The second-order valence-corrected chi connectivity index (χ2v) is 3.61. The van der Waals surface area contributed by atoms with Gasteiger partial charge in [-0.15, -0.1) is 0 Å². The zero-order valence-corrected chi connectivity index (χ0v) is 8.24. The minimum atomic E-state index is 0.645. The first-order chi connectivity index (χ1) is 6.95. The molecular weight excluding hydrogens is 176 g/mol. The van der Waals surface area contributed by atoms with Crippen LogP contribution in [0.4, 0.5) is 0 Å². The summed E-state index contributed by atoms with van der Waals surface area (Å²) in [5.74, 6) is 0. The van der Waals surface area contributed by atoms with Gasteiger partial charge in [-0.2, -0.15) is 0 Å². The van der Waals surface area contributed by atoms with E-state index < -0.39 is 0 Å². The number of hydrogen-bond acceptors (Lipinski definition) is 4. The number of aromatic nitrogens is 2. The maximum atomic E-state index is 4.17. The Morgan fingerprint density at radius 2 is 2.29 bits per heavy atom. The van der Waals surface area contributed by atoms with Crippen molar-refractivity contribution in [1.29, 1.82) is 0 Å². The lowest BCUT2D eigenvalue weighted by Gasteiger charge is -2.23. The van der Waals surface area contributed by atoms with Crippen molar-refractivity contribution in [3.05, 3.63) is 24.3 Å². The Kier molecular flexibility index (Phi) is 3.43. The number of nitrogens with zero attached hydrogens (tertiary/aromatic N) is 2. The van der Waals surface area contributed by atoms with Crippen molar-refractivity contribution in [2.24, 2.45) is 0 Å². The molecular formula is C10H16N4. The number of hydrogen-bond donors (Lipinski definition) is 2. The van der Waals surface area contributed by atoms with Crippen molar-refractivity contribution < 1.29 is 0 Å². The molecule has 0 atom stereocenters. The van der Waals surface area contributed by atoms with Gasteiger partial charge in [0, 0.05) is 18.8 Å². The number of rotatable bonds is 3. The first kappa shape index (κ1) is 9.55. The Hall–Kier alpha value is -1.00. The molecule has 0 saturated carbocycles.